The first kappa shape index (κ1) is 21.5. The number of nitrogens with one attached hydrogen (secondary N) is 1. The highest BCUT2D eigenvalue weighted by Gasteiger charge is 2.27. The van der Waals surface area contributed by atoms with Gasteiger partial charge in [-0.1, -0.05) is 48.9 Å². The fourth-order valence-electron chi connectivity index (χ4n) is 3.20. The molecule has 0 saturated heterocycles. The number of aryl methyl sites for hydroxylation is 2. The van der Waals surface area contributed by atoms with Gasteiger partial charge in [0, 0.05) is 20.0 Å². The number of ether oxygens (including phenoxy) is 1. The minimum Gasteiger partial charge on any atom is -0.497 e. The standard InChI is InChI=1S/C23H30N2O3/c1-5-21(23(27)24-3)25(16-19-7-6-8-20(15-19)28-4)22(26)14-13-18-11-9-17(2)10-12-18/h6-12,15,21H,5,13-14,16H2,1-4H3,(H,24,27)/t21-/m1/s1. The summed E-state index contributed by atoms with van der Waals surface area (Å²) in [5.74, 6) is 0.561. The first-order valence-corrected chi connectivity index (χ1v) is 9.68. The fourth-order valence-corrected chi connectivity index (χ4v) is 3.20. The van der Waals surface area contributed by atoms with E-state index in [4.69, 9.17) is 4.74 Å². The van der Waals surface area contributed by atoms with Crippen molar-refractivity contribution in [3.63, 3.8) is 0 Å². The maximum atomic E-state index is 13.1. The normalized spacial score (nSPS) is 11.6. The minimum atomic E-state index is -0.498. The molecule has 0 aliphatic rings. The lowest BCUT2D eigenvalue weighted by Crippen LogP contribution is -2.48. The van der Waals surface area contributed by atoms with E-state index in [0.29, 0.717) is 25.8 Å². The number of hydrogen-bond donors (Lipinski definition) is 1. The Kier molecular flexibility index (Phi) is 8.05. The summed E-state index contributed by atoms with van der Waals surface area (Å²) in [6.45, 7) is 4.33. The molecule has 5 nitrogen and oxygen atoms in total. The molecule has 2 aromatic carbocycles. The Hall–Kier alpha value is -2.82. The third kappa shape index (κ3) is 5.84. The van der Waals surface area contributed by atoms with Crippen molar-refractivity contribution in [3.05, 3.63) is 65.2 Å². The van der Waals surface area contributed by atoms with Crippen molar-refractivity contribution in [1.29, 1.82) is 0 Å². The maximum Gasteiger partial charge on any atom is 0.242 e. The van der Waals surface area contributed by atoms with Gasteiger partial charge in [0.05, 0.1) is 7.11 Å². The van der Waals surface area contributed by atoms with Crippen LogP contribution in [0.4, 0.5) is 0 Å². The molecule has 0 saturated carbocycles. The Morgan fingerprint density at radius 3 is 2.43 bits per heavy atom. The van der Waals surface area contributed by atoms with Crippen LogP contribution in [0.25, 0.3) is 0 Å². The zero-order valence-corrected chi connectivity index (χ0v) is 17.2. The molecule has 5 heteroatoms. The molecule has 0 aromatic heterocycles. The quantitative estimate of drug-likeness (QED) is 0.722. The molecule has 28 heavy (non-hydrogen) atoms. The molecule has 1 atom stereocenters. The number of benzene rings is 2. The van der Waals surface area contributed by atoms with Gasteiger partial charge in [-0.05, 0) is 43.0 Å². The third-order valence-electron chi connectivity index (χ3n) is 4.87. The Balaban J connectivity index is 2.19. The van der Waals surface area contributed by atoms with Gasteiger partial charge in [0.2, 0.25) is 11.8 Å². The Morgan fingerprint density at radius 2 is 1.82 bits per heavy atom. The summed E-state index contributed by atoms with van der Waals surface area (Å²) in [6.07, 6.45) is 1.57. The topological polar surface area (TPSA) is 58.6 Å². The van der Waals surface area contributed by atoms with Gasteiger partial charge in [-0.3, -0.25) is 9.59 Å². The zero-order valence-electron chi connectivity index (χ0n) is 17.2. The second kappa shape index (κ2) is 10.5. The predicted octanol–water partition coefficient (Wildman–Crippen LogP) is 3.49. The van der Waals surface area contributed by atoms with Crippen molar-refractivity contribution in [2.45, 2.75) is 45.7 Å². The molecule has 0 radical (unpaired) electrons. The second-order valence-corrected chi connectivity index (χ2v) is 6.90. The number of likely N-dealkylation sites (N-methyl/N-ethyl adjacent to an activating group) is 1. The molecule has 0 aliphatic carbocycles. The van der Waals surface area contributed by atoms with Gasteiger partial charge in [0.25, 0.3) is 0 Å². The highest BCUT2D eigenvalue weighted by atomic mass is 16.5. The first-order chi connectivity index (χ1) is 13.5. The van der Waals surface area contributed by atoms with Gasteiger partial charge in [0.1, 0.15) is 11.8 Å². The molecule has 1 N–H and O–H groups in total. The monoisotopic (exact) mass is 382 g/mol. The van der Waals surface area contributed by atoms with Crippen LogP contribution in [0, 0.1) is 6.92 Å². The molecule has 0 fully saturated rings. The highest BCUT2D eigenvalue weighted by molar-refractivity contribution is 5.87. The van der Waals surface area contributed by atoms with E-state index in [0.717, 1.165) is 16.9 Å². The van der Waals surface area contributed by atoms with Crippen molar-refractivity contribution in [1.82, 2.24) is 10.2 Å². The average molecular weight is 383 g/mol. The van der Waals surface area contributed by atoms with Gasteiger partial charge in [-0.15, -0.1) is 0 Å². The van der Waals surface area contributed by atoms with E-state index in [1.807, 2.05) is 62.4 Å². The Morgan fingerprint density at radius 1 is 1.11 bits per heavy atom. The van der Waals surface area contributed by atoms with Crippen LogP contribution < -0.4 is 10.1 Å². The van der Waals surface area contributed by atoms with Crippen LogP contribution >= 0.6 is 0 Å². The van der Waals surface area contributed by atoms with Crippen LogP contribution in [0.15, 0.2) is 48.5 Å². The van der Waals surface area contributed by atoms with E-state index in [1.165, 1.54) is 5.56 Å². The van der Waals surface area contributed by atoms with Crippen molar-refractivity contribution < 1.29 is 14.3 Å². The summed E-state index contributed by atoms with van der Waals surface area (Å²) >= 11 is 0. The summed E-state index contributed by atoms with van der Waals surface area (Å²) in [7, 11) is 3.22. The lowest BCUT2D eigenvalue weighted by atomic mass is 10.1. The van der Waals surface area contributed by atoms with E-state index in [1.54, 1.807) is 19.1 Å². The van der Waals surface area contributed by atoms with E-state index in [-0.39, 0.29) is 11.8 Å². The van der Waals surface area contributed by atoms with E-state index in [2.05, 4.69) is 5.32 Å². The van der Waals surface area contributed by atoms with Gasteiger partial charge < -0.3 is 15.0 Å². The number of carbonyl (C=O) groups excluding carboxylic acids is 2. The van der Waals surface area contributed by atoms with Crippen molar-refractivity contribution >= 4 is 11.8 Å². The number of carbonyl (C=O) groups is 2. The van der Waals surface area contributed by atoms with Gasteiger partial charge in [-0.25, -0.2) is 0 Å². The molecule has 0 bridgehead atoms. The molecule has 0 unspecified atom stereocenters. The molecule has 2 rings (SSSR count). The molecule has 2 amide bonds. The number of hydrogen-bond acceptors (Lipinski definition) is 3. The van der Waals surface area contributed by atoms with Crippen LogP contribution in [0.1, 0.15) is 36.5 Å². The second-order valence-electron chi connectivity index (χ2n) is 6.90. The minimum absolute atomic E-state index is 0.0288. The number of methoxy groups -OCH3 is 1. The maximum absolute atomic E-state index is 13.1. The largest absolute Gasteiger partial charge is 0.497 e. The fraction of sp³-hybridized carbons (Fsp3) is 0.391. The number of rotatable bonds is 9. The highest BCUT2D eigenvalue weighted by Crippen LogP contribution is 2.18. The molecule has 150 valence electrons. The summed E-state index contributed by atoms with van der Waals surface area (Å²) in [5.41, 5.74) is 3.25. The summed E-state index contributed by atoms with van der Waals surface area (Å²) in [4.78, 5) is 27.1. The van der Waals surface area contributed by atoms with Crippen LogP contribution in [-0.2, 0) is 22.6 Å². The SMILES string of the molecule is CC[C@H](C(=O)NC)N(Cc1cccc(OC)c1)C(=O)CCc1ccc(C)cc1. The summed E-state index contributed by atoms with van der Waals surface area (Å²) in [5, 5.41) is 2.68. The molecular weight excluding hydrogens is 352 g/mol. The Bertz CT molecular complexity index is 787. The van der Waals surface area contributed by atoms with Gasteiger partial charge in [-0.2, -0.15) is 0 Å². The van der Waals surface area contributed by atoms with Crippen LogP contribution in [0.5, 0.6) is 5.75 Å². The third-order valence-corrected chi connectivity index (χ3v) is 4.87. The lowest BCUT2D eigenvalue weighted by Gasteiger charge is -2.30. The van der Waals surface area contributed by atoms with E-state index >= 15 is 0 Å². The van der Waals surface area contributed by atoms with Crippen molar-refractivity contribution in [2.75, 3.05) is 14.2 Å². The number of nitrogens with zero attached hydrogens (tertiary/aromatic N) is 1. The Labute approximate surface area is 167 Å². The van der Waals surface area contributed by atoms with E-state index < -0.39 is 6.04 Å². The van der Waals surface area contributed by atoms with Crippen LogP contribution in [0.2, 0.25) is 0 Å². The first-order valence-electron chi connectivity index (χ1n) is 9.68. The molecule has 0 heterocycles. The van der Waals surface area contributed by atoms with Gasteiger partial charge >= 0.3 is 0 Å². The van der Waals surface area contributed by atoms with E-state index in [9.17, 15) is 9.59 Å². The zero-order chi connectivity index (χ0) is 20.5. The average Bonchev–Trinajstić information content (AvgIpc) is 2.72. The van der Waals surface area contributed by atoms with Gasteiger partial charge in [0.15, 0.2) is 0 Å². The van der Waals surface area contributed by atoms with Crippen molar-refractivity contribution in [2.24, 2.45) is 0 Å². The molecule has 0 spiro atoms. The predicted molar refractivity (Wildman–Crippen MR) is 111 cm³/mol. The number of amides is 2. The van der Waals surface area contributed by atoms with Crippen LogP contribution in [0.3, 0.4) is 0 Å². The lowest BCUT2D eigenvalue weighted by molar-refractivity contribution is -0.141. The smallest absolute Gasteiger partial charge is 0.242 e. The molecular formula is C23H30N2O3. The van der Waals surface area contributed by atoms with Crippen LogP contribution in [-0.4, -0.2) is 36.9 Å². The molecule has 2 aromatic rings. The molecule has 0 aliphatic heterocycles. The van der Waals surface area contributed by atoms with Crippen molar-refractivity contribution in [3.8, 4) is 5.75 Å². The summed E-state index contributed by atoms with van der Waals surface area (Å²) in [6, 6.07) is 15.3. The summed E-state index contributed by atoms with van der Waals surface area (Å²) < 4.78 is 5.28.